The van der Waals surface area contributed by atoms with Crippen LogP contribution in [0.3, 0.4) is 0 Å². The number of carbonyl (C=O) groups is 2. The van der Waals surface area contributed by atoms with Crippen molar-refractivity contribution in [3.05, 3.63) is 16.1 Å². The molecule has 6 nitrogen and oxygen atoms in total. The number of likely N-dealkylation sites (tertiary alicyclic amines) is 1. The molecule has 0 spiro atoms. The molecule has 0 radical (unpaired) electrons. The molecule has 1 aromatic rings. The number of urea groups is 1. The molecule has 2 heterocycles. The number of nitrogens with zero attached hydrogens (tertiary/aromatic N) is 2. The Kier molecular flexibility index (Phi) is 5.76. The number of hydrogen-bond donors (Lipinski definition) is 2. The summed E-state index contributed by atoms with van der Waals surface area (Å²) in [5.41, 5.74) is 0.996. The number of piperidine rings is 1. The van der Waals surface area contributed by atoms with Crippen molar-refractivity contribution in [3.8, 4) is 0 Å². The Morgan fingerprint density at radius 1 is 1.55 bits per heavy atom. The van der Waals surface area contributed by atoms with Crippen LogP contribution in [0.1, 0.15) is 43.3 Å². The van der Waals surface area contributed by atoms with Gasteiger partial charge in [-0.1, -0.05) is 13.8 Å². The summed E-state index contributed by atoms with van der Waals surface area (Å²) >= 11 is 1.65. The monoisotopic (exact) mass is 325 g/mol. The van der Waals surface area contributed by atoms with Gasteiger partial charge in [0.25, 0.3) is 0 Å². The molecule has 0 aliphatic carbocycles. The Bertz CT molecular complexity index is 530. The minimum absolute atomic E-state index is 0.176. The highest BCUT2D eigenvalue weighted by Gasteiger charge is 2.27. The highest BCUT2D eigenvalue weighted by Crippen LogP contribution is 2.19. The molecule has 0 aromatic carbocycles. The first kappa shape index (κ1) is 16.7. The molecule has 1 aliphatic rings. The lowest BCUT2D eigenvalue weighted by molar-refractivity contribution is -0.143. The van der Waals surface area contributed by atoms with Crippen molar-refractivity contribution >= 4 is 23.3 Å². The van der Waals surface area contributed by atoms with E-state index >= 15 is 0 Å². The van der Waals surface area contributed by atoms with Crippen molar-refractivity contribution in [3.63, 3.8) is 0 Å². The van der Waals surface area contributed by atoms with E-state index in [0.29, 0.717) is 38.4 Å². The zero-order valence-corrected chi connectivity index (χ0v) is 13.9. The third-order valence-electron chi connectivity index (χ3n) is 3.78. The minimum Gasteiger partial charge on any atom is -0.481 e. The molecule has 1 atom stereocenters. The zero-order chi connectivity index (χ0) is 16.1. The van der Waals surface area contributed by atoms with Gasteiger partial charge >= 0.3 is 12.0 Å². The minimum atomic E-state index is -0.818. The molecule has 1 fully saturated rings. The van der Waals surface area contributed by atoms with Gasteiger partial charge in [-0.25, -0.2) is 9.78 Å². The van der Waals surface area contributed by atoms with Crippen LogP contribution in [0.2, 0.25) is 0 Å². The maximum Gasteiger partial charge on any atom is 0.317 e. The van der Waals surface area contributed by atoms with Crippen molar-refractivity contribution in [2.45, 2.75) is 39.0 Å². The topological polar surface area (TPSA) is 82.5 Å². The number of rotatable bonds is 5. The zero-order valence-electron chi connectivity index (χ0n) is 13.0. The molecule has 122 valence electrons. The van der Waals surface area contributed by atoms with Gasteiger partial charge in [0.2, 0.25) is 0 Å². The molecular formula is C15H23N3O3S. The molecule has 1 aliphatic heterocycles. The molecular weight excluding hydrogens is 302 g/mol. The summed E-state index contributed by atoms with van der Waals surface area (Å²) in [6.07, 6.45) is 2.09. The van der Waals surface area contributed by atoms with Crippen LogP contribution in [-0.4, -0.2) is 46.6 Å². The van der Waals surface area contributed by atoms with E-state index in [0.717, 1.165) is 17.1 Å². The molecule has 2 amide bonds. The van der Waals surface area contributed by atoms with E-state index in [1.807, 2.05) is 5.38 Å². The number of amides is 2. The quantitative estimate of drug-likeness (QED) is 0.870. The SMILES string of the molecule is CC(C)c1nc(CCNC(=O)N2CCCC(C(=O)O)C2)cs1. The van der Waals surface area contributed by atoms with Gasteiger partial charge < -0.3 is 15.3 Å². The first-order valence-electron chi connectivity index (χ1n) is 7.67. The maximum atomic E-state index is 12.1. The van der Waals surface area contributed by atoms with Crippen LogP contribution in [0.15, 0.2) is 5.38 Å². The van der Waals surface area contributed by atoms with Crippen LogP contribution in [0.5, 0.6) is 0 Å². The average molecular weight is 325 g/mol. The Hall–Kier alpha value is -1.63. The van der Waals surface area contributed by atoms with Gasteiger partial charge in [0.1, 0.15) is 0 Å². The van der Waals surface area contributed by atoms with Gasteiger partial charge in [-0.3, -0.25) is 4.79 Å². The number of thiazole rings is 1. The number of carbonyl (C=O) groups excluding carboxylic acids is 1. The van der Waals surface area contributed by atoms with E-state index in [9.17, 15) is 9.59 Å². The molecule has 0 bridgehead atoms. The normalized spacial score (nSPS) is 18.5. The van der Waals surface area contributed by atoms with Crippen LogP contribution in [-0.2, 0) is 11.2 Å². The number of nitrogens with one attached hydrogen (secondary N) is 1. The smallest absolute Gasteiger partial charge is 0.317 e. The van der Waals surface area contributed by atoms with Crippen molar-refractivity contribution < 1.29 is 14.7 Å². The molecule has 0 saturated carbocycles. The van der Waals surface area contributed by atoms with Crippen molar-refractivity contribution in [2.24, 2.45) is 5.92 Å². The molecule has 1 saturated heterocycles. The summed E-state index contributed by atoms with van der Waals surface area (Å²) in [5, 5.41) is 15.0. The third-order valence-corrected chi connectivity index (χ3v) is 4.97. The molecule has 2 N–H and O–H groups in total. The third kappa shape index (κ3) is 4.43. The molecule has 1 aromatic heterocycles. The van der Waals surface area contributed by atoms with E-state index in [2.05, 4.69) is 24.1 Å². The highest BCUT2D eigenvalue weighted by molar-refractivity contribution is 7.09. The van der Waals surface area contributed by atoms with Crippen LogP contribution >= 0.6 is 11.3 Å². The summed E-state index contributed by atoms with van der Waals surface area (Å²) in [5.74, 6) is -0.831. The average Bonchev–Trinajstić information content (AvgIpc) is 2.96. The molecule has 7 heteroatoms. The van der Waals surface area contributed by atoms with Crippen molar-refractivity contribution in [1.82, 2.24) is 15.2 Å². The maximum absolute atomic E-state index is 12.1. The van der Waals surface area contributed by atoms with E-state index in [1.54, 1.807) is 16.2 Å². The molecule has 1 unspecified atom stereocenters. The van der Waals surface area contributed by atoms with Crippen LogP contribution in [0, 0.1) is 5.92 Å². The Morgan fingerprint density at radius 3 is 2.95 bits per heavy atom. The summed E-state index contributed by atoms with van der Waals surface area (Å²) in [6.45, 7) is 5.67. The standard InChI is InChI=1S/C15H23N3O3S/c1-10(2)13-17-12(9-22-13)5-6-16-15(21)18-7-3-4-11(8-18)14(19)20/h9-11H,3-8H2,1-2H3,(H,16,21)(H,19,20). The second-order valence-corrected chi connectivity index (χ2v) is 6.83. The second-order valence-electron chi connectivity index (χ2n) is 5.94. The van der Waals surface area contributed by atoms with Gasteiger partial charge in [0.15, 0.2) is 0 Å². The number of carboxylic acid groups (broad SMARTS) is 1. The number of hydrogen-bond acceptors (Lipinski definition) is 4. The number of aromatic nitrogens is 1. The fraction of sp³-hybridized carbons (Fsp3) is 0.667. The first-order valence-corrected chi connectivity index (χ1v) is 8.55. The van der Waals surface area contributed by atoms with Gasteiger partial charge in [-0.2, -0.15) is 0 Å². The first-order chi connectivity index (χ1) is 10.5. The lowest BCUT2D eigenvalue weighted by atomic mass is 9.99. The lowest BCUT2D eigenvalue weighted by Crippen LogP contribution is -2.47. The Morgan fingerprint density at radius 2 is 2.32 bits per heavy atom. The Labute approximate surface area is 134 Å². The van der Waals surface area contributed by atoms with E-state index in [1.165, 1.54) is 0 Å². The summed E-state index contributed by atoms with van der Waals surface area (Å²) in [6, 6.07) is -0.176. The van der Waals surface area contributed by atoms with Crippen LogP contribution < -0.4 is 5.32 Å². The van der Waals surface area contributed by atoms with E-state index in [-0.39, 0.29) is 6.03 Å². The van der Waals surface area contributed by atoms with Crippen molar-refractivity contribution in [1.29, 1.82) is 0 Å². The van der Waals surface area contributed by atoms with Crippen LogP contribution in [0.25, 0.3) is 0 Å². The van der Waals surface area contributed by atoms with Gasteiger partial charge in [-0.05, 0) is 12.8 Å². The highest BCUT2D eigenvalue weighted by atomic mass is 32.1. The molecule has 22 heavy (non-hydrogen) atoms. The second kappa shape index (κ2) is 7.58. The van der Waals surface area contributed by atoms with E-state index in [4.69, 9.17) is 5.11 Å². The predicted octanol–water partition coefficient (Wildman–Crippen LogP) is 2.32. The lowest BCUT2D eigenvalue weighted by Gasteiger charge is -2.30. The Balaban J connectivity index is 1.76. The van der Waals surface area contributed by atoms with Gasteiger partial charge in [0, 0.05) is 37.4 Å². The summed E-state index contributed by atoms with van der Waals surface area (Å²) in [4.78, 5) is 29.2. The largest absolute Gasteiger partial charge is 0.481 e. The van der Waals surface area contributed by atoms with Crippen molar-refractivity contribution in [2.75, 3.05) is 19.6 Å². The van der Waals surface area contributed by atoms with Gasteiger partial charge in [-0.15, -0.1) is 11.3 Å². The fourth-order valence-corrected chi connectivity index (χ4v) is 3.34. The van der Waals surface area contributed by atoms with Crippen LogP contribution in [0.4, 0.5) is 4.79 Å². The summed E-state index contributed by atoms with van der Waals surface area (Å²) in [7, 11) is 0. The van der Waals surface area contributed by atoms with E-state index < -0.39 is 11.9 Å². The summed E-state index contributed by atoms with van der Waals surface area (Å²) < 4.78 is 0. The predicted molar refractivity (Wildman–Crippen MR) is 85.2 cm³/mol. The molecule has 2 rings (SSSR count). The number of aliphatic carboxylic acids is 1. The fourth-order valence-electron chi connectivity index (χ4n) is 2.48. The number of carboxylic acids is 1. The van der Waals surface area contributed by atoms with Gasteiger partial charge in [0.05, 0.1) is 16.6 Å².